The van der Waals surface area contributed by atoms with E-state index in [9.17, 15) is 9.90 Å². The lowest BCUT2D eigenvalue weighted by Gasteiger charge is -2.14. The molecule has 0 fully saturated rings. The molecule has 0 radical (unpaired) electrons. The van der Waals surface area contributed by atoms with Crippen molar-refractivity contribution in [3.63, 3.8) is 0 Å². The molecule has 3 nitrogen and oxygen atoms in total. The minimum atomic E-state index is -0.224. The Morgan fingerprint density at radius 2 is 1.69 bits per heavy atom. The van der Waals surface area contributed by atoms with E-state index in [1.807, 2.05) is 39.0 Å². The molecular formula is C23H27NO2. The van der Waals surface area contributed by atoms with E-state index < -0.39 is 0 Å². The van der Waals surface area contributed by atoms with Crippen molar-refractivity contribution in [3.8, 4) is 0 Å². The molecule has 136 valence electrons. The molecule has 0 aliphatic heterocycles. The monoisotopic (exact) mass is 349 g/mol. The molecule has 0 aromatic heterocycles. The molecule has 2 aromatic rings. The van der Waals surface area contributed by atoms with Crippen molar-refractivity contribution in [3.05, 3.63) is 81.9 Å². The van der Waals surface area contributed by atoms with Crippen molar-refractivity contribution in [1.29, 1.82) is 0 Å². The fourth-order valence-electron chi connectivity index (χ4n) is 3.10. The van der Waals surface area contributed by atoms with Gasteiger partial charge in [0.1, 0.15) is 0 Å². The molecule has 1 amide bonds. The summed E-state index contributed by atoms with van der Waals surface area (Å²) in [5, 5.41) is 12.2. The molecule has 0 atom stereocenters. The van der Waals surface area contributed by atoms with Gasteiger partial charge in [-0.15, -0.1) is 0 Å². The highest BCUT2D eigenvalue weighted by atomic mass is 16.3. The Morgan fingerprint density at radius 3 is 2.27 bits per heavy atom. The summed E-state index contributed by atoms with van der Waals surface area (Å²) in [7, 11) is 0. The molecule has 0 aliphatic rings. The minimum Gasteiger partial charge on any atom is -0.392 e. The Morgan fingerprint density at radius 1 is 1.08 bits per heavy atom. The lowest BCUT2D eigenvalue weighted by Crippen LogP contribution is -2.15. The summed E-state index contributed by atoms with van der Waals surface area (Å²) in [6.45, 7) is 13.9. The summed E-state index contributed by atoms with van der Waals surface area (Å²) in [6.07, 6.45) is 1.82. The van der Waals surface area contributed by atoms with Crippen LogP contribution >= 0.6 is 0 Å². The second kappa shape index (κ2) is 8.15. The number of rotatable bonds is 5. The summed E-state index contributed by atoms with van der Waals surface area (Å²) in [4.78, 5) is 12.6. The second-order valence-corrected chi connectivity index (χ2v) is 6.89. The quantitative estimate of drug-likeness (QED) is 0.589. The van der Waals surface area contributed by atoms with E-state index in [0.717, 1.165) is 33.5 Å². The van der Waals surface area contributed by atoms with E-state index >= 15 is 0 Å². The number of amides is 1. The summed E-state index contributed by atoms with van der Waals surface area (Å²) in [5.41, 5.74) is 8.35. The predicted molar refractivity (Wildman–Crippen MR) is 109 cm³/mol. The highest BCUT2D eigenvalue weighted by Gasteiger charge is 2.11. The molecule has 0 spiro atoms. The molecule has 0 saturated heterocycles. The van der Waals surface area contributed by atoms with Gasteiger partial charge in [-0.25, -0.2) is 0 Å². The van der Waals surface area contributed by atoms with Crippen molar-refractivity contribution in [2.75, 3.05) is 5.32 Å². The van der Waals surface area contributed by atoms with E-state index in [-0.39, 0.29) is 12.5 Å². The number of hydrogen-bond acceptors (Lipinski definition) is 2. The van der Waals surface area contributed by atoms with Crippen LogP contribution in [0.4, 0.5) is 5.69 Å². The van der Waals surface area contributed by atoms with Crippen LogP contribution in [0, 0.1) is 27.7 Å². The zero-order valence-electron chi connectivity index (χ0n) is 16.2. The Kier molecular flexibility index (Phi) is 6.17. The van der Waals surface area contributed by atoms with E-state index in [0.29, 0.717) is 5.57 Å². The van der Waals surface area contributed by atoms with Gasteiger partial charge in [0.2, 0.25) is 0 Å². The first-order chi connectivity index (χ1) is 12.2. The van der Waals surface area contributed by atoms with Crippen LogP contribution < -0.4 is 5.32 Å². The van der Waals surface area contributed by atoms with Crippen LogP contribution in [-0.2, 0) is 11.4 Å². The number of carbonyl (C=O) groups is 1. The Hall–Kier alpha value is -2.65. The van der Waals surface area contributed by atoms with Gasteiger partial charge in [-0.05, 0) is 74.1 Å². The number of carbonyl (C=O) groups excluding carboxylic acids is 1. The molecule has 0 saturated carbocycles. The summed E-state index contributed by atoms with van der Waals surface area (Å²) < 4.78 is 0. The van der Waals surface area contributed by atoms with Gasteiger partial charge >= 0.3 is 0 Å². The lowest BCUT2D eigenvalue weighted by molar-refractivity contribution is -0.112. The maximum atomic E-state index is 12.6. The molecule has 2 aromatic carbocycles. The second-order valence-electron chi connectivity index (χ2n) is 6.89. The summed E-state index contributed by atoms with van der Waals surface area (Å²) in [6, 6.07) is 10.0. The smallest absolute Gasteiger partial charge is 0.255 e. The van der Waals surface area contributed by atoms with Crippen LogP contribution in [0.5, 0.6) is 0 Å². The van der Waals surface area contributed by atoms with Gasteiger partial charge in [-0.2, -0.15) is 0 Å². The van der Waals surface area contributed by atoms with Gasteiger partial charge in [0.05, 0.1) is 6.61 Å². The fraction of sp³-hybridized carbons (Fsp3) is 0.261. The molecule has 3 heteroatoms. The SMILES string of the molecule is C=C(/C=C(\C)c1cc(C)ccc1C)C(=O)Nc1c(C)cc(CO)cc1C. The number of anilines is 1. The minimum absolute atomic E-state index is 0.0135. The van der Waals surface area contributed by atoms with Crippen molar-refractivity contribution in [2.45, 2.75) is 41.2 Å². The predicted octanol–water partition coefficient (Wildman–Crippen LogP) is 5.01. The summed E-state index contributed by atoms with van der Waals surface area (Å²) >= 11 is 0. The summed E-state index contributed by atoms with van der Waals surface area (Å²) in [5.74, 6) is -0.224. The van der Waals surface area contributed by atoms with Crippen LogP contribution in [0.2, 0.25) is 0 Å². The van der Waals surface area contributed by atoms with Crippen molar-refractivity contribution in [2.24, 2.45) is 0 Å². The molecule has 0 bridgehead atoms. The largest absolute Gasteiger partial charge is 0.392 e. The maximum Gasteiger partial charge on any atom is 0.255 e. The highest BCUT2D eigenvalue weighted by molar-refractivity contribution is 6.07. The Balaban J connectivity index is 2.23. The van der Waals surface area contributed by atoms with Crippen LogP contribution in [0.3, 0.4) is 0 Å². The topological polar surface area (TPSA) is 49.3 Å². The van der Waals surface area contributed by atoms with Gasteiger partial charge in [0, 0.05) is 11.3 Å². The maximum absolute atomic E-state index is 12.6. The zero-order valence-corrected chi connectivity index (χ0v) is 16.2. The number of allylic oxidation sites excluding steroid dienone is 1. The third-order valence-corrected chi connectivity index (χ3v) is 4.51. The fourth-order valence-corrected chi connectivity index (χ4v) is 3.10. The van der Waals surface area contributed by atoms with Crippen LogP contribution in [0.25, 0.3) is 5.57 Å². The molecule has 0 unspecified atom stereocenters. The van der Waals surface area contributed by atoms with Gasteiger partial charge in [0.15, 0.2) is 0 Å². The molecular weight excluding hydrogens is 322 g/mol. The average molecular weight is 349 g/mol. The first-order valence-electron chi connectivity index (χ1n) is 8.70. The first kappa shape index (κ1) is 19.7. The number of aryl methyl sites for hydroxylation is 4. The molecule has 0 aliphatic carbocycles. The van der Waals surface area contributed by atoms with E-state index in [4.69, 9.17) is 0 Å². The number of hydrogen-bond donors (Lipinski definition) is 2. The standard InChI is InChI=1S/C23H27NO2/c1-14-7-8-15(2)21(9-14)16(3)10-19(6)23(26)24-22-17(4)11-20(13-25)12-18(22)5/h7-12,25H,6,13H2,1-5H3,(H,24,26)/b16-10+. The normalized spacial score (nSPS) is 11.4. The van der Waals surface area contributed by atoms with Gasteiger partial charge in [-0.1, -0.05) is 42.5 Å². The number of aliphatic hydroxyl groups excluding tert-OH is 1. The molecule has 0 heterocycles. The number of aliphatic hydroxyl groups is 1. The first-order valence-corrected chi connectivity index (χ1v) is 8.70. The molecule has 26 heavy (non-hydrogen) atoms. The molecule has 2 rings (SSSR count). The average Bonchev–Trinajstić information content (AvgIpc) is 2.59. The highest BCUT2D eigenvalue weighted by Crippen LogP contribution is 2.24. The van der Waals surface area contributed by atoms with E-state index in [1.54, 1.807) is 0 Å². The van der Waals surface area contributed by atoms with E-state index in [1.165, 1.54) is 11.1 Å². The van der Waals surface area contributed by atoms with Crippen LogP contribution in [-0.4, -0.2) is 11.0 Å². The number of benzene rings is 2. The third kappa shape index (κ3) is 4.50. The zero-order chi connectivity index (χ0) is 19.4. The van der Waals surface area contributed by atoms with Gasteiger partial charge < -0.3 is 10.4 Å². The van der Waals surface area contributed by atoms with Crippen LogP contribution in [0.15, 0.2) is 48.6 Å². The van der Waals surface area contributed by atoms with Crippen molar-refractivity contribution >= 4 is 17.2 Å². The van der Waals surface area contributed by atoms with Crippen LogP contribution in [0.1, 0.15) is 40.3 Å². The van der Waals surface area contributed by atoms with Gasteiger partial charge in [-0.3, -0.25) is 4.79 Å². The van der Waals surface area contributed by atoms with Gasteiger partial charge in [0.25, 0.3) is 5.91 Å². The third-order valence-electron chi connectivity index (χ3n) is 4.51. The lowest BCUT2D eigenvalue weighted by atomic mass is 9.98. The van der Waals surface area contributed by atoms with E-state index in [2.05, 4.69) is 43.9 Å². The molecule has 2 N–H and O–H groups in total. The Bertz CT molecular complexity index is 868. The number of nitrogens with one attached hydrogen (secondary N) is 1. The Labute approximate surface area is 156 Å². The van der Waals surface area contributed by atoms with Crippen molar-refractivity contribution < 1.29 is 9.90 Å². The van der Waals surface area contributed by atoms with Crippen molar-refractivity contribution in [1.82, 2.24) is 0 Å².